The van der Waals surface area contributed by atoms with Crippen molar-refractivity contribution in [1.82, 2.24) is 14.9 Å². The Morgan fingerprint density at radius 1 is 1.33 bits per heavy atom. The smallest absolute Gasteiger partial charge is 0.221 e. The molecule has 5 nitrogen and oxygen atoms in total. The Labute approximate surface area is 109 Å². The van der Waals surface area contributed by atoms with Gasteiger partial charge in [0.25, 0.3) is 0 Å². The monoisotopic (exact) mass is 249 g/mol. The van der Waals surface area contributed by atoms with Gasteiger partial charge in [-0.25, -0.2) is 4.98 Å². The Morgan fingerprint density at radius 3 is 2.83 bits per heavy atom. The molecule has 0 bridgehead atoms. The third-order valence-corrected chi connectivity index (χ3v) is 3.69. The average Bonchev–Trinajstić information content (AvgIpc) is 2.58. The maximum Gasteiger partial charge on any atom is 0.221 e. The SMILES string of the molecule is Cc1cnc(N)nc1N1CCCC(N(C)C)CC1. The lowest BCUT2D eigenvalue weighted by molar-refractivity contribution is 0.272. The molecule has 0 spiro atoms. The summed E-state index contributed by atoms with van der Waals surface area (Å²) in [6.07, 6.45) is 5.44. The Morgan fingerprint density at radius 2 is 2.11 bits per heavy atom. The largest absolute Gasteiger partial charge is 0.368 e. The Bertz CT molecular complexity index is 404. The van der Waals surface area contributed by atoms with Crippen LogP contribution in [0.5, 0.6) is 0 Å². The van der Waals surface area contributed by atoms with E-state index in [2.05, 4.69) is 33.9 Å². The van der Waals surface area contributed by atoms with Crippen LogP contribution in [0.25, 0.3) is 0 Å². The molecule has 0 amide bonds. The standard InChI is InChI=1S/C13H23N5/c1-10-9-15-13(14)16-12(10)18-7-4-5-11(6-8-18)17(2)3/h9,11H,4-8H2,1-3H3,(H2,14,15,16). The summed E-state index contributed by atoms with van der Waals surface area (Å²) < 4.78 is 0. The van der Waals surface area contributed by atoms with Gasteiger partial charge in [-0.05, 0) is 40.3 Å². The highest BCUT2D eigenvalue weighted by atomic mass is 15.2. The van der Waals surface area contributed by atoms with Crippen molar-refractivity contribution in [3.05, 3.63) is 11.8 Å². The van der Waals surface area contributed by atoms with Crippen LogP contribution >= 0.6 is 0 Å². The van der Waals surface area contributed by atoms with Gasteiger partial charge in [-0.15, -0.1) is 0 Å². The molecule has 1 aliphatic heterocycles. The van der Waals surface area contributed by atoms with Crippen molar-refractivity contribution >= 4 is 11.8 Å². The third kappa shape index (κ3) is 2.90. The van der Waals surface area contributed by atoms with E-state index < -0.39 is 0 Å². The zero-order chi connectivity index (χ0) is 13.1. The fourth-order valence-electron chi connectivity index (χ4n) is 2.57. The van der Waals surface area contributed by atoms with E-state index in [1.54, 1.807) is 0 Å². The molecule has 100 valence electrons. The summed E-state index contributed by atoms with van der Waals surface area (Å²) in [7, 11) is 4.32. The van der Waals surface area contributed by atoms with E-state index >= 15 is 0 Å². The second kappa shape index (κ2) is 5.52. The summed E-state index contributed by atoms with van der Waals surface area (Å²) in [5.41, 5.74) is 6.80. The van der Waals surface area contributed by atoms with E-state index in [9.17, 15) is 0 Å². The van der Waals surface area contributed by atoms with Gasteiger partial charge in [-0.2, -0.15) is 4.98 Å². The molecule has 18 heavy (non-hydrogen) atoms. The minimum absolute atomic E-state index is 0.365. The van der Waals surface area contributed by atoms with Crippen LogP contribution in [0.4, 0.5) is 11.8 Å². The van der Waals surface area contributed by atoms with E-state index in [1.165, 1.54) is 19.3 Å². The minimum Gasteiger partial charge on any atom is -0.368 e. The van der Waals surface area contributed by atoms with Crippen LogP contribution in [-0.4, -0.2) is 48.1 Å². The normalized spacial score (nSPS) is 21.1. The molecule has 1 fully saturated rings. The van der Waals surface area contributed by atoms with Gasteiger partial charge >= 0.3 is 0 Å². The number of rotatable bonds is 2. The minimum atomic E-state index is 0.365. The second-order valence-electron chi connectivity index (χ2n) is 5.27. The Kier molecular flexibility index (Phi) is 4.01. The number of hydrogen-bond acceptors (Lipinski definition) is 5. The highest BCUT2D eigenvalue weighted by molar-refractivity contribution is 5.48. The summed E-state index contributed by atoms with van der Waals surface area (Å²) in [5.74, 6) is 1.37. The fraction of sp³-hybridized carbons (Fsp3) is 0.692. The van der Waals surface area contributed by atoms with Gasteiger partial charge in [0.1, 0.15) is 5.82 Å². The van der Waals surface area contributed by atoms with E-state index in [1.807, 2.05) is 13.1 Å². The van der Waals surface area contributed by atoms with Crippen molar-refractivity contribution in [2.75, 3.05) is 37.8 Å². The molecule has 5 heteroatoms. The maximum atomic E-state index is 5.69. The van der Waals surface area contributed by atoms with Gasteiger partial charge < -0.3 is 15.5 Å². The molecule has 0 saturated carbocycles. The van der Waals surface area contributed by atoms with Crippen molar-refractivity contribution in [1.29, 1.82) is 0 Å². The first-order chi connectivity index (χ1) is 8.58. The molecular formula is C13H23N5. The number of aryl methyl sites for hydroxylation is 1. The molecule has 1 aromatic rings. The molecule has 2 N–H and O–H groups in total. The molecule has 1 aromatic heterocycles. The first kappa shape index (κ1) is 13.1. The Hall–Kier alpha value is -1.36. The molecule has 1 unspecified atom stereocenters. The van der Waals surface area contributed by atoms with E-state index in [0.29, 0.717) is 12.0 Å². The van der Waals surface area contributed by atoms with Crippen LogP contribution in [0.2, 0.25) is 0 Å². The summed E-state index contributed by atoms with van der Waals surface area (Å²) in [4.78, 5) is 13.1. The molecule has 1 atom stereocenters. The number of nitrogen functional groups attached to an aromatic ring is 1. The Balaban J connectivity index is 2.12. The molecular weight excluding hydrogens is 226 g/mol. The van der Waals surface area contributed by atoms with Crippen molar-refractivity contribution in [3.63, 3.8) is 0 Å². The summed E-state index contributed by atoms with van der Waals surface area (Å²) >= 11 is 0. The quantitative estimate of drug-likeness (QED) is 0.856. The zero-order valence-electron chi connectivity index (χ0n) is 11.6. The van der Waals surface area contributed by atoms with Gasteiger partial charge in [0.15, 0.2) is 0 Å². The van der Waals surface area contributed by atoms with Crippen LogP contribution in [0.1, 0.15) is 24.8 Å². The first-order valence-corrected chi connectivity index (χ1v) is 6.58. The summed E-state index contributed by atoms with van der Waals surface area (Å²) in [5, 5.41) is 0. The lowest BCUT2D eigenvalue weighted by atomic mass is 10.1. The van der Waals surface area contributed by atoms with Gasteiger partial charge in [0.2, 0.25) is 5.95 Å². The predicted octanol–water partition coefficient (Wildman–Crippen LogP) is 1.29. The van der Waals surface area contributed by atoms with Crippen LogP contribution in [-0.2, 0) is 0 Å². The lowest BCUT2D eigenvalue weighted by Crippen LogP contribution is -2.30. The van der Waals surface area contributed by atoms with Crippen molar-refractivity contribution in [2.24, 2.45) is 0 Å². The van der Waals surface area contributed by atoms with Crippen molar-refractivity contribution < 1.29 is 0 Å². The third-order valence-electron chi connectivity index (χ3n) is 3.69. The van der Waals surface area contributed by atoms with Gasteiger partial charge in [0, 0.05) is 30.9 Å². The summed E-state index contributed by atoms with van der Waals surface area (Å²) in [6, 6.07) is 0.675. The first-order valence-electron chi connectivity index (χ1n) is 6.58. The van der Waals surface area contributed by atoms with Crippen LogP contribution < -0.4 is 10.6 Å². The summed E-state index contributed by atoms with van der Waals surface area (Å²) in [6.45, 7) is 4.14. The predicted molar refractivity (Wildman–Crippen MR) is 74.7 cm³/mol. The fourth-order valence-corrected chi connectivity index (χ4v) is 2.57. The topological polar surface area (TPSA) is 58.3 Å². The van der Waals surface area contributed by atoms with Crippen molar-refractivity contribution in [2.45, 2.75) is 32.2 Å². The highest BCUT2D eigenvalue weighted by Crippen LogP contribution is 2.22. The van der Waals surface area contributed by atoms with E-state index in [-0.39, 0.29) is 0 Å². The van der Waals surface area contributed by atoms with Gasteiger partial charge in [-0.1, -0.05) is 0 Å². The number of nitrogens with zero attached hydrogens (tertiary/aromatic N) is 4. The molecule has 1 aliphatic rings. The molecule has 1 saturated heterocycles. The highest BCUT2D eigenvalue weighted by Gasteiger charge is 2.20. The lowest BCUT2D eigenvalue weighted by Gasteiger charge is -2.24. The van der Waals surface area contributed by atoms with Crippen LogP contribution in [0.3, 0.4) is 0 Å². The number of hydrogen-bond donors (Lipinski definition) is 1. The number of aromatic nitrogens is 2. The van der Waals surface area contributed by atoms with Gasteiger partial charge in [-0.3, -0.25) is 0 Å². The zero-order valence-corrected chi connectivity index (χ0v) is 11.6. The average molecular weight is 249 g/mol. The molecule has 0 aliphatic carbocycles. The molecule has 0 radical (unpaired) electrons. The second-order valence-corrected chi connectivity index (χ2v) is 5.27. The molecule has 2 rings (SSSR count). The maximum absolute atomic E-state index is 5.69. The van der Waals surface area contributed by atoms with Crippen LogP contribution in [0.15, 0.2) is 6.20 Å². The van der Waals surface area contributed by atoms with Crippen LogP contribution in [0, 0.1) is 6.92 Å². The van der Waals surface area contributed by atoms with Gasteiger partial charge in [0.05, 0.1) is 0 Å². The van der Waals surface area contributed by atoms with Crippen molar-refractivity contribution in [3.8, 4) is 0 Å². The number of anilines is 2. The van der Waals surface area contributed by atoms with E-state index in [4.69, 9.17) is 5.73 Å². The number of nitrogens with two attached hydrogens (primary N) is 1. The molecule has 2 heterocycles. The molecule has 0 aromatic carbocycles. The van der Waals surface area contributed by atoms with E-state index in [0.717, 1.165) is 24.5 Å².